The van der Waals surface area contributed by atoms with Crippen molar-refractivity contribution >= 4 is 11.9 Å². The van der Waals surface area contributed by atoms with Crippen LogP contribution in [0.4, 0.5) is 0 Å². The van der Waals surface area contributed by atoms with Crippen molar-refractivity contribution < 1.29 is 28.9 Å². The Morgan fingerprint density at radius 1 is 0.843 bits per heavy atom. The van der Waals surface area contributed by atoms with Gasteiger partial charge in [0, 0.05) is 13.0 Å². The number of aliphatic hydroxyl groups excluding tert-OH is 1. The van der Waals surface area contributed by atoms with Gasteiger partial charge in [-0.1, -0.05) is 46.8 Å². The lowest BCUT2D eigenvalue weighted by Crippen LogP contribution is -2.67. The fraction of sp³-hybridized carbons (Fsp3) is 0.909. The second-order valence-electron chi connectivity index (χ2n) is 21.2. The van der Waals surface area contributed by atoms with Gasteiger partial charge in [0.25, 0.3) is 0 Å². The molecule has 1 aliphatic heterocycles. The van der Waals surface area contributed by atoms with Crippen LogP contribution in [0, 0.1) is 56.7 Å². The SMILES string of the molecule is C=C(C)[C@@H]1CC[C@]2(C(=O)NCCC3CC(CC(=O)OC(C)(C)C)OC(C)(C)O3)CC[C@]3(C)[C@H](CC[C@@H]4[C@@]5(C)CCC(O)C(C)(C)[C@@H]5CC[C@]43C)[C@@H]12. The molecule has 2 N–H and O–H groups in total. The zero-order valence-electron chi connectivity index (χ0n) is 34.2. The summed E-state index contributed by atoms with van der Waals surface area (Å²) in [7, 11) is 0. The van der Waals surface area contributed by atoms with Crippen LogP contribution in [0.5, 0.6) is 0 Å². The molecule has 3 unspecified atom stereocenters. The molecule has 1 heterocycles. The highest BCUT2D eigenvalue weighted by atomic mass is 16.7. The Kier molecular flexibility index (Phi) is 10.1. The second-order valence-corrected chi connectivity index (χ2v) is 21.2. The number of hydrogen-bond acceptors (Lipinski definition) is 6. The van der Waals surface area contributed by atoms with Crippen LogP contribution in [0.1, 0.15) is 160 Å². The van der Waals surface area contributed by atoms with Crippen LogP contribution in [0.25, 0.3) is 0 Å². The van der Waals surface area contributed by atoms with Crippen LogP contribution in [0.2, 0.25) is 0 Å². The van der Waals surface area contributed by atoms with Crippen LogP contribution in [0.15, 0.2) is 12.2 Å². The molecule has 0 radical (unpaired) electrons. The molecule has 5 saturated carbocycles. The number of fused-ring (bicyclic) bond motifs is 7. The summed E-state index contributed by atoms with van der Waals surface area (Å²) >= 11 is 0. The van der Waals surface area contributed by atoms with Gasteiger partial charge < -0.3 is 24.6 Å². The summed E-state index contributed by atoms with van der Waals surface area (Å²) in [5.41, 5.74) is 0.931. The fourth-order valence-corrected chi connectivity index (χ4v) is 14.1. The Morgan fingerprint density at radius 3 is 2.20 bits per heavy atom. The van der Waals surface area contributed by atoms with Crippen molar-refractivity contribution in [2.24, 2.45) is 56.7 Å². The van der Waals surface area contributed by atoms with Crippen molar-refractivity contribution in [2.75, 3.05) is 6.54 Å². The molecule has 5 aliphatic carbocycles. The lowest BCUT2D eigenvalue weighted by Gasteiger charge is -2.72. The van der Waals surface area contributed by atoms with Crippen molar-refractivity contribution in [1.82, 2.24) is 5.32 Å². The quantitative estimate of drug-likeness (QED) is 0.202. The van der Waals surface area contributed by atoms with Crippen molar-refractivity contribution in [3.05, 3.63) is 12.2 Å². The third kappa shape index (κ3) is 6.57. The number of allylic oxidation sites excluding steroid dienone is 1. The van der Waals surface area contributed by atoms with Gasteiger partial charge in [-0.05, 0) is 163 Å². The molecule has 6 aliphatic rings. The molecule has 0 spiro atoms. The van der Waals surface area contributed by atoms with E-state index in [4.69, 9.17) is 14.2 Å². The minimum absolute atomic E-state index is 0.0488. The van der Waals surface area contributed by atoms with Gasteiger partial charge in [-0.25, -0.2) is 0 Å². The van der Waals surface area contributed by atoms with Gasteiger partial charge in [0.05, 0.1) is 30.1 Å². The molecule has 0 aromatic rings. The Balaban J connectivity index is 1.17. The van der Waals surface area contributed by atoms with Gasteiger partial charge in [0.1, 0.15) is 5.60 Å². The molecule has 1 amide bonds. The zero-order chi connectivity index (χ0) is 37.6. The summed E-state index contributed by atoms with van der Waals surface area (Å²) in [5.74, 6) is 1.56. The molecular formula is C44H73NO6. The molecule has 0 aromatic heterocycles. The van der Waals surface area contributed by atoms with Gasteiger partial charge in [-0.2, -0.15) is 0 Å². The second kappa shape index (κ2) is 13.1. The first-order valence-electron chi connectivity index (χ1n) is 20.7. The maximum atomic E-state index is 14.7. The summed E-state index contributed by atoms with van der Waals surface area (Å²) < 4.78 is 18.0. The summed E-state index contributed by atoms with van der Waals surface area (Å²) in [6, 6.07) is 0. The minimum atomic E-state index is -0.810. The topological polar surface area (TPSA) is 94.1 Å². The number of rotatable bonds is 7. The Morgan fingerprint density at radius 2 is 1.53 bits per heavy atom. The van der Waals surface area contributed by atoms with Crippen molar-refractivity contribution in [1.29, 1.82) is 0 Å². The molecule has 1 saturated heterocycles. The highest BCUT2D eigenvalue weighted by Gasteiger charge is 2.71. The Bertz CT molecular complexity index is 1370. The molecule has 290 valence electrons. The minimum Gasteiger partial charge on any atom is -0.460 e. The van der Waals surface area contributed by atoms with Gasteiger partial charge in [0.2, 0.25) is 5.91 Å². The molecule has 6 fully saturated rings. The third-order valence-corrected chi connectivity index (χ3v) is 16.5. The number of carbonyl (C=O) groups is 2. The highest BCUT2D eigenvalue weighted by molar-refractivity contribution is 5.84. The van der Waals surface area contributed by atoms with Crippen LogP contribution >= 0.6 is 0 Å². The summed E-state index contributed by atoms with van der Waals surface area (Å²) in [6.07, 6.45) is 11.8. The predicted molar refractivity (Wildman–Crippen MR) is 202 cm³/mol. The summed E-state index contributed by atoms with van der Waals surface area (Å²) in [5, 5.41) is 14.6. The van der Waals surface area contributed by atoms with Gasteiger partial charge in [-0.3, -0.25) is 9.59 Å². The number of carbonyl (C=O) groups excluding carboxylic acids is 2. The van der Waals surface area contributed by atoms with E-state index in [0.29, 0.717) is 49.0 Å². The molecule has 6 rings (SSSR count). The van der Waals surface area contributed by atoms with E-state index in [-0.39, 0.29) is 63.7 Å². The predicted octanol–water partition coefficient (Wildman–Crippen LogP) is 9.15. The van der Waals surface area contributed by atoms with E-state index in [9.17, 15) is 14.7 Å². The Hall–Kier alpha value is -1.44. The maximum Gasteiger partial charge on any atom is 0.308 e. The first-order valence-corrected chi connectivity index (χ1v) is 20.7. The largest absolute Gasteiger partial charge is 0.460 e. The van der Waals surface area contributed by atoms with Gasteiger partial charge in [0.15, 0.2) is 5.79 Å². The van der Waals surface area contributed by atoms with E-state index in [1.807, 2.05) is 34.6 Å². The van der Waals surface area contributed by atoms with Gasteiger partial charge in [-0.15, -0.1) is 0 Å². The third-order valence-electron chi connectivity index (χ3n) is 16.5. The monoisotopic (exact) mass is 712 g/mol. The van der Waals surface area contributed by atoms with Gasteiger partial charge >= 0.3 is 5.97 Å². The van der Waals surface area contributed by atoms with E-state index in [1.165, 1.54) is 31.3 Å². The molecule has 0 bridgehead atoms. The number of nitrogens with one attached hydrogen (secondary N) is 1. The number of hydrogen-bond donors (Lipinski definition) is 2. The first kappa shape index (κ1) is 39.3. The summed E-state index contributed by atoms with van der Waals surface area (Å²) in [4.78, 5) is 27.3. The molecule has 51 heavy (non-hydrogen) atoms. The van der Waals surface area contributed by atoms with Crippen molar-refractivity contribution in [3.63, 3.8) is 0 Å². The molecule has 0 aromatic carbocycles. The van der Waals surface area contributed by atoms with E-state index >= 15 is 0 Å². The average Bonchev–Trinajstić information content (AvgIpc) is 3.39. The molecular weight excluding hydrogens is 638 g/mol. The van der Waals surface area contributed by atoms with Crippen LogP contribution in [-0.4, -0.2) is 53.2 Å². The first-order chi connectivity index (χ1) is 23.5. The normalized spacial score (nSPS) is 45.7. The van der Waals surface area contributed by atoms with Crippen LogP contribution in [-0.2, 0) is 23.8 Å². The van der Waals surface area contributed by atoms with E-state index < -0.39 is 11.4 Å². The van der Waals surface area contributed by atoms with E-state index in [0.717, 1.165) is 38.5 Å². The maximum absolute atomic E-state index is 14.7. The van der Waals surface area contributed by atoms with E-state index in [2.05, 4.69) is 53.4 Å². The smallest absolute Gasteiger partial charge is 0.308 e. The zero-order valence-corrected chi connectivity index (χ0v) is 34.2. The summed E-state index contributed by atoms with van der Waals surface area (Å²) in [6.45, 7) is 29.3. The standard InChI is InChI=1S/C44H73NO6/c1-27(2)30-15-21-44(37(48)45-24-18-28-25-29(50-40(8,9)49-28)26-35(47)51-38(3,4)5)23-22-42(11)31(36(30)44)13-14-33-41(10)19-17-34(46)39(6,7)32(41)16-20-43(33,42)12/h28-34,36,46H,1,13-26H2,2-12H3,(H,45,48)/t28?,29?,30-,31+,32-,33+,34?,36+,41-,42+,43+,44-/m0/s1. The number of ether oxygens (including phenoxy) is 3. The number of esters is 1. The lowest BCUT2D eigenvalue weighted by atomic mass is 9.32. The number of aliphatic hydroxyl groups is 1. The van der Waals surface area contributed by atoms with Crippen molar-refractivity contribution in [3.8, 4) is 0 Å². The van der Waals surface area contributed by atoms with Crippen LogP contribution in [0.3, 0.4) is 0 Å². The van der Waals surface area contributed by atoms with Crippen LogP contribution < -0.4 is 5.32 Å². The highest BCUT2D eigenvalue weighted by Crippen LogP contribution is 2.77. The fourth-order valence-electron chi connectivity index (χ4n) is 14.1. The molecule has 12 atom stereocenters. The average molecular weight is 712 g/mol. The van der Waals surface area contributed by atoms with E-state index in [1.54, 1.807) is 0 Å². The number of amides is 1. The Labute approximate surface area is 310 Å². The van der Waals surface area contributed by atoms with Crippen molar-refractivity contribution in [2.45, 2.75) is 189 Å². The molecule has 7 heteroatoms. The lowest BCUT2D eigenvalue weighted by molar-refractivity contribution is -0.300. The molecule has 7 nitrogen and oxygen atoms in total.